The number of fused-ring (bicyclic) bond motifs is 1. The molecule has 0 fully saturated rings. The molecule has 1 aliphatic heterocycles. The van der Waals surface area contributed by atoms with Gasteiger partial charge >= 0.3 is 0 Å². The molecule has 0 bridgehead atoms. The van der Waals surface area contributed by atoms with Crippen LogP contribution in [0.2, 0.25) is 0 Å². The summed E-state index contributed by atoms with van der Waals surface area (Å²) in [6.07, 6.45) is 0. The number of anilines is 2. The van der Waals surface area contributed by atoms with Crippen LogP contribution in [-0.2, 0) is 0 Å². The number of carbonyl (C=O) groups is 1. The van der Waals surface area contributed by atoms with Gasteiger partial charge in [-0.05, 0) is 36.4 Å². The fourth-order valence-electron chi connectivity index (χ4n) is 1.86. The van der Waals surface area contributed by atoms with Crippen LogP contribution in [0.25, 0.3) is 0 Å². The number of nitrogens with two attached hydrogens (primary N) is 1. The third kappa shape index (κ3) is 2.30. The Morgan fingerprint density at radius 3 is 2.42 bits per heavy atom. The fourth-order valence-corrected chi connectivity index (χ4v) is 1.86. The lowest BCUT2D eigenvalue weighted by molar-refractivity contribution is 0.100. The van der Waals surface area contributed by atoms with E-state index in [1.165, 1.54) is 0 Å². The molecule has 0 saturated carbocycles. The highest BCUT2D eigenvalue weighted by atomic mass is 16.7. The second-order valence-electron chi connectivity index (χ2n) is 4.13. The van der Waals surface area contributed by atoms with Crippen LogP contribution in [0, 0.1) is 0 Å². The number of rotatable bonds is 3. The van der Waals surface area contributed by atoms with Crippen LogP contribution < -0.4 is 20.5 Å². The maximum atomic E-state index is 11.0. The minimum atomic E-state index is -0.436. The average molecular weight is 256 g/mol. The Morgan fingerprint density at radius 2 is 1.68 bits per heavy atom. The van der Waals surface area contributed by atoms with Crippen molar-refractivity contribution in [3.63, 3.8) is 0 Å². The number of hydrogen-bond donors (Lipinski definition) is 2. The Bertz CT molecular complexity index is 623. The SMILES string of the molecule is NC(=O)c1ccc(Nc2ccc3c(c2)OCO3)cc1. The van der Waals surface area contributed by atoms with E-state index in [9.17, 15) is 4.79 Å². The average Bonchev–Trinajstić information content (AvgIpc) is 2.87. The smallest absolute Gasteiger partial charge is 0.248 e. The van der Waals surface area contributed by atoms with Gasteiger partial charge in [0.25, 0.3) is 0 Å². The van der Waals surface area contributed by atoms with E-state index in [1.54, 1.807) is 24.3 Å². The summed E-state index contributed by atoms with van der Waals surface area (Å²) in [5.41, 5.74) is 7.42. The van der Waals surface area contributed by atoms with Crippen LogP contribution in [0.4, 0.5) is 11.4 Å². The quantitative estimate of drug-likeness (QED) is 0.883. The highest BCUT2D eigenvalue weighted by Crippen LogP contribution is 2.35. The molecule has 5 nitrogen and oxygen atoms in total. The van der Waals surface area contributed by atoms with Gasteiger partial charge in [-0.1, -0.05) is 0 Å². The van der Waals surface area contributed by atoms with E-state index in [0.29, 0.717) is 5.56 Å². The summed E-state index contributed by atoms with van der Waals surface area (Å²) in [6.45, 7) is 0.256. The van der Waals surface area contributed by atoms with Crippen molar-refractivity contribution < 1.29 is 14.3 Å². The van der Waals surface area contributed by atoms with Gasteiger partial charge in [0.2, 0.25) is 12.7 Å². The molecule has 5 heteroatoms. The van der Waals surface area contributed by atoms with E-state index < -0.39 is 5.91 Å². The van der Waals surface area contributed by atoms with Crippen LogP contribution in [0.1, 0.15) is 10.4 Å². The van der Waals surface area contributed by atoms with Crippen LogP contribution >= 0.6 is 0 Å². The van der Waals surface area contributed by atoms with Crippen molar-refractivity contribution in [3.8, 4) is 11.5 Å². The predicted octanol–water partition coefficient (Wildman–Crippen LogP) is 2.26. The Hall–Kier alpha value is -2.69. The molecule has 0 saturated heterocycles. The molecule has 0 spiro atoms. The summed E-state index contributed by atoms with van der Waals surface area (Å²) in [6, 6.07) is 12.6. The molecular weight excluding hydrogens is 244 g/mol. The molecule has 2 aromatic carbocycles. The second kappa shape index (κ2) is 4.53. The number of hydrogen-bond acceptors (Lipinski definition) is 4. The van der Waals surface area contributed by atoms with Gasteiger partial charge in [0.1, 0.15) is 0 Å². The third-order valence-electron chi connectivity index (χ3n) is 2.83. The monoisotopic (exact) mass is 256 g/mol. The van der Waals surface area contributed by atoms with E-state index in [4.69, 9.17) is 15.2 Å². The Balaban J connectivity index is 1.79. The Labute approximate surface area is 109 Å². The Kier molecular flexibility index (Phi) is 2.72. The first-order valence-electron chi connectivity index (χ1n) is 5.79. The number of primary amides is 1. The summed E-state index contributed by atoms with van der Waals surface area (Å²) >= 11 is 0. The van der Waals surface area contributed by atoms with Crippen molar-refractivity contribution in [2.45, 2.75) is 0 Å². The van der Waals surface area contributed by atoms with Crippen LogP contribution in [0.5, 0.6) is 11.5 Å². The van der Waals surface area contributed by atoms with Crippen molar-refractivity contribution in [2.24, 2.45) is 5.73 Å². The molecular formula is C14H12N2O3. The highest BCUT2D eigenvalue weighted by Gasteiger charge is 2.13. The van der Waals surface area contributed by atoms with Gasteiger partial charge in [-0.25, -0.2) is 0 Å². The van der Waals surface area contributed by atoms with Gasteiger partial charge in [-0.2, -0.15) is 0 Å². The lowest BCUT2D eigenvalue weighted by Gasteiger charge is -2.07. The lowest BCUT2D eigenvalue weighted by atomic mass is 10.2. The van der Waals surface area contributed by atoms with Gasteiger partial charge in [-0.3, -0.25) is 4.79 Å². The van der Waals surface area contributed by atoms with E-state index in [-0.39, 0.29) is 6.79 Å². The summed E-state index contributed by atoms with van der Waals surface area (Å²) in [5.74, 6) is 1.03. The first kappa shape index (κ1) is 11.4. The molecule has 0 aliphatic carbocycles. The molecule has 96 valence electrons. The summed E-state index contributed by atoms with van der Waals surface area (Å²) in [5, 5.41) is 3.21. The molecule has 0 aromatic heterocycles. The van der Waals surface area contributed by atoms with E-state index >= 15 is 0 Å². The molecule has 0 unspecified atom stereocenters. The molecule has 3 N–H and O–H groups in total. The summed E-state index contributed by atoms with van der Waals surface area (Å²) < 4.78 is 10.5. The maximum Gasteiger partial charge on any atom is 0.248 e. The zero-order chi connectivity index (χ0) is 13.2. The predicted molar refractivity (Wildman–Crippen MR) is 70.8 cm³/mol. The molecule has 19 heavy (non-hydrogen) atoms. The van der Waals surface area contributed by atoms with Crippen molar-refractivity contribution in [3.05, 3.63) is 48.0 Å². The first-order valence-corrected chi connectivity index (χ1v) is 5.79. The number of benzene rings is 2. The zero-order valence-electron chi connectivity index (χ0n) is 10.1. The number of amides is 1. The molecule has 3 rings (SSSR count). The molecule has 1 amide bonds. The minimum Gasteiger partial charge on any atom is -0.454 e. The summed E-state index contributed by atoms with van der Waals surface area (Å²) in [4.78, 5) is 11.0. The van der Waals surface area contributed by atoms with E-state index in [0.717, 1.165) is 22.9 Å². The zero-order valence-corrected chi connectivity index (χ0v) is 10.1. The largest absolute Gasteiger partial charge is 0.454 e. The number of nitrogens with one attached hydrogen (secondary N) is 1. The van der Waals surface area contributed by atoms with Gasteiger partial charge < -0.3 is 20.5 Å². The van der Waals surface area contributed by atoms with Gasteiger partial charge in [0, 0.05) is 23.0 Å². The highest BCUT2D eigenvalue weighted by molar-refractivity contribution is 5.93. The van der Waals surface area contributed by atoms with Crippen LogP contribution in [-0.4, -0.2) is 12.7 Å². The number of ether oxygens (including phenoxy) is 2. The first-order chi connectivity index (χ1) is 9.22. The molecule has 1 heterocycles. The number of carbonyl (C=O) groups excluding carboxylic acids is 1. The van der Waals surface area contributed by atoms with Crippen molar-refractivity contribution in [2.75, 3.05) is 12.1 Å². The van der Waals surface area contributed by atoms with Crippen molar-refractivity contribution in [1.29, 1.82) is 0 Å². The van der Waals surface area contributed by atoms with Gasteiger partial charge in [0.05, 0.1) is 0 Å². The van der Waals surface area contributed by atoms with Crippen molar-refractivity contribution >= 4 is 17.3 Å². The minimum absolute atomic E-state index is 0.256. The third-order valence-corrected chi connectivity index (χ3v) is 2.83. The van der Waals surface area contributed by atoms with Crippen LogP contribution in [0.15, 0.2) is 42.5 Å². The Morgan fingerprint density at radius 1 is 1.00 bits per heavy atom. The molecule has 0 atom stereocenters. The van der Waals surface area contributed by atoms with Crippen LogP contribution in [0.3, 0.4) is 0 Å². The molecule has 0 radical (unpaired) electrons. The second-order valence-corrected chi connectivity index (χ2v) is 4.13. The summed E-state index contributed by atoms with van der Waals surface area (Å²) in [7, 11) is 0. The fraction of sp³-hybridized carbons (Fsp3) is 0.0714. The maximum absolute atomic E-state index is 11.0. The molecule has 2 aromatic rings. The normalized spacial score (nSPS) is 12.2. The van der Waals surface area contributed by atoms with Gasteiger partial charge in [0.15, 0.2) is 11.5 Å². The topological polar surface area (TPSA) is 73.6 Å². The molecule has 1 aliphatic rings. The van der Waals surface area contributed by atoms with E-state index in [2.05, 4.69) is 5.32 Å². The van der Waals surface area contributed by atoms with E-state index in [1.807, 2.05) is 18.2 Å². The lowest BCUT2D eigenvalue weighted by Crippen LogP contribution is -2.10. The van der Waals surface area contributed by atoms with Crippen molar-refractivity contribution in [1.82, 2.24) is 0 Å². The standard InChI is InChI=1S/C14H12N2O3/c15-14(17)9-1-3-10(4-2-9)16-11-5-6-12-13(7-11)19-8-18-12/h1-7,16H,8H2,(H2,15,17). The van der Waals surface area contributed by atoms with Gasteiger partial charge in [-0.15, -0.1) is 0 Å².